The number of aromatic nitrogens is 3. The highest BCUT2D eigenvalue weighted by Gasteiger charge is 2.15. The molecule has 0 fully saturated rings. The molecule has 112 valence electrons. The highest BCUT2D eigenvalue weighted by atomic mass is 16.5. The molecule has 0 spiro atoms. The van der Waals surface area contributed by atoms with Crippen molar-refractivity contribution in [1.29, 1.82) is 0 Å². The summed E-state index contributed by atoms with van der Waals surface area (Å²) in [6.07, 6.45) is 1.58. The van der Waals surface area contributed by atoms with Gasteiger partial charge in [0.15, 0.2) is 6.29 Å². The Morgan fingerprint density at radius 1 is 1.38 bits per heavy atom. The third kappa shape index (κ3) is 3.90. The van der Waals surface area contributed by atoms with Gasteiger partial charge >= 0.3 is 0 Å². The van der Waals surface area contributed by atoms with Gasteiger partial charge in [-0.3, -0.25) is 4.79 Å². The first-order valence-electron chi connectivity index (χ1n) is 7.20. The van der Waals surface area contributed by atoms with E-state index in [1.165, 1.54) is 5.56 Å². The largest absolute Gasteiger partial charge is 0.494 e. The van der Waals surface area contributed by atoms with Crippen LogP contribution in [0.3, 0.4) is 0 Å². The summed E-state index contributed by atoms with van der Waals surface area (Å²) in [4.78, 5) is 11.0. The van der Waals surface area contributed by atoms with Crippen molar-refractivity contribution < 1.29 is 9.53 Å². The second-order valence-corrected chi connectivity index (χ2v) is 5.37. The average Bonchev–Trinajstić information content (AvgIpc) is 2.87. The summed E-state index contributed by atoms with van der Waals surface area (Å²) >= 11 is 0. The zero-order valence-electron chi connectivity index (χ0n) is 12.7. The fourth-order valence-electron chi connectivity index (χ4n) is 2.29. The molecule has 5 nitrogen and oxygen atoms in total. The van der Waals surface area contributed by atoms with Gasteiger partial charge in [-0.1, -0.05) is 31.2 Å². The summed E-state index contributed by atoms with van der Waals surface area (Å²) in [5.41, 5.74) is 2.51. The van der Waals surface area contributed by atoms with Crippen molar-refractivity contribution in [2.75, 3.05) is 6.61 Å². The predicted molar refractivity (Wildman–Crippen MR) is 80.8 cm³/mol. The van der Waals surface area contributed by atoms with Crippen LogP contribution in [-0.4, -0.2) is 27.9 Å². The van der Waals surface area contributed by atoms with Gasteiger partial charge in [-0.25, -0.2) is 4.68 Å². The van der Waals surface area contributed by atoms with Gasteiger partial charge in [-0.15, -0.1) is 5.10 Å². The van der Waals surface area contributed by atoms with Gasteiger partial charge in [0.25, 0.3) is 0 Å². The van der Waals surface area contributed by atoms with Crippen LogP contribution in [0.25, 0.3) is 0 Å². The lowest BCUT2D eigenvalue weighted by Crippen LogP contribution is -2.10. The number of aryl methyl sites for hydroxylation is 2. The molecule has 0 saturated heterocycles. The normalized spacial score (nSPS) is 10.9. The molecule has 0 bridgehead atoms. The summed E-state index contributed by atoms with van der Waals surface area (Å²) in [5.74, 6) is 1.10. The Labute approximate surface area is 124 Å². The van der Waals surface area contributed by atoms with E-state index < -0.39 is 0 Å². The van der Waals surface area contributed by atoms with Crippen molar-refractivity contribution in [3.8, 4) is 5.75 Å². The van der Waals surface area contributed by atoms with Crippen LogP contribution in [0.4, 0.5) is 0 Å². The number of hydrogen-bond donors (Lipinski definition) is 0. The van der Waals surface area contributed by atoms with Crippen molar-refractivity contribution in [3.63, 3.8) is 0 Å². The molecule has 1 aromatic heterocycles. The van der Waals surface area contributed by atoms with E-state index in [-0.39, 0.29) is 5.92 Å². The van der Waals surface area contributed by atoms with Crippen LogP contribution in [-0.2, 0) is 6.54 Å². The third-order valence-electron chi connectivity index (χ3n) is 3.23. The molecule has 2 rings (SSSR count). The van der Waals surface area contributed by atoms with E-state index in [2.05, 4.69) is 10.3 Å². The monoisotopic (exact) mass is 287 g/mol. The minimum atomic E-state index is 0.220. The second-order valence-electron chi connectivity index (χ2n) is 5.37. The topological polar surface area (TPSA) is 57.0 Å². The first-order valence-corrected chi connectivity index (χ1v) is 7.20. The Morgan fingerprint density at radius 2 is 2.19 bits per heavy atom. The third-order valence-corrected chi connectivity index (χ3v) is 3.23. The van der Waals surface area contributed by atoms with E-state index in [9.17, 15) is 4.79 Å². The van der Waals surface area contributed by atoms with Crippen LogP contribution in [0.2, 0.25) is 0 Å². The molecule has 2 aromatic rings. The predicted octanol–water partition coefficient (Wildman–Crippen LogP) is 2.99. The fourth-order valence-corrected chi connectivity index (χ4v) is 2.29. The van der Waals surface area contributed by atoms with Crippen molar-refractivity contribution >= 4 is 6.29 Å². The van der Waals surface area contributed by atoms with Crippen molar-refractivity contribution in [1.82, 2.24) is 15.0 Å². The van der Waals surface area contributed by atoms with Crippen LogP contribution in [0.1, 0.15) is 47.9 Å². The molecule has 1 aromatic carbocycles. The molecule has 0 unspecified atom stereocenters. The number of carbonyl (C=O) groups excluding carboxylic acids is 1. The lowest BCUT2D eigenvalue weighted by atomic mass is 10.1. The summed E-state index contributed by atoms with van der Waals surface area (Å²) in [7, 11) is 0. The van der Waals surface area contributed by atoms with Gasteiger partial charge in [-0.05, 0) is 30.5 Å². The Kier molecular flexibility index (Phi) is 5.09. The highest BCUT2D eigenvalue weighted by Crippen LogP contribution is 2.17. The van der Waals surface area contributed by atoms with E-state index in [1.807, 2.05) is 45.0 Å². The summed E-state index contributed by atoms with van der Waals surface area (Å²) in [5, 5.41) is 7.96. The van der Waals surface area contributed by atoms with E-state index in [0.717, 1.165) is 24.2 Å². The number of rotatable bonds is 7. The maximum Gasteiger partial charge on any atom is 0.172 e. The van der Waals surface area contributed by atoms with Crippen LogP contribution >= 0.6 is 0 Å². The number of carbonyl (C=O) groups is 1. The number of hydrogen-bond acceptors (Lipinski definition) is 4. The lowest BCUT2D eigenvalue weighted by Gasteiger charge is -2.10. The van der Waals surface area contributed by atoms with Crippen molar-refractivity contribution in [2.24, 2.45) is 0 Å². The van der Waals surface area contributed by atoms with Crippen molar-refractivity contribution in [3.05, 3.63) is 41.2 Å². The van der Waals surface area contributed by atoms with Crippen LogP contribution in [0.15, 0.2) is 24.3 Å². The molecule has 0 amide bonds. The van der Waals surface area contributed by atoms with Gasteiger partial charge in [0.05, 0.1) is 12.3 Å². The van der Waals surface area contributed by atoms with Crippen LogP contribution in [0.5, 0.6) is 5.75 Å². The van der Waals surface area contributed by atoms with Crippen LogP contribution in [0, 0.1) is 6.92 Å². The molecule has 0 aliphatic heterocycles. The van der Waals surface area contributed by atoms with E-state index in [0.29, 0.717) is 18.8 Å². The SMILES string of the molecule is Cc1cccc(OCCCn2nnc(C=O)c2C(C)C)c1. The molecule has 0 N–H and O–H groups in total. The number of benzene rings is 1. The average molecular weight is 287 g/mol. The Morgan fingerprint density at radius 3 is 2.86 bits per heavy atom. The molecule has 0 aliphatic carbocycles. The molecule has 0 atom stereocenters. The van der Waals surface area contributed by atoms with Gasteiger partial charge in [0.2, 0.25) is 0 Å². The standard InChI is InChI=1S/C16H21N3O2/c1-12(2)16-15(11-20)17-18-19(16)8-5-9-21-14-7-4-6-13(3)10-14/h4,6-7,10-12H,5,8-9H2,1-3H3. The van der Waals surface area contributed by atoms with Gasteiger partial charge < -0.3 is 4.74 Å². The molecule has 5 heteroatoms. The van der Waals surface area contributed by atoms with Gasteiger partial charge in [0, 0.05) is 13.0 Å². The molecular formula is C16H21N3O2. The fraction of sp³-hybridized carbons (Fsp3) is 0.438. The smallest absolute Gasteiger partial charge is 0.172 e. The minimum absolute atomic E-state index is 0.220. The maximum absolute atomic E-state index is 11.0. The second kappa shape index (κ2) is 7.02. The molecule has 0 aliphatic rings. The highest BCUT2D eigenvalue weighted by molar-refractivity contribution is 5.73. The van der Waals surface area contributed by atoms with E-state index >= 15 is 0 Å². The van der Waals surface area contributed by atoms with Gasteiger partial charge in [-0.2, -0.15) is 0 Å². The Bertz CT molecular complexity index is 605. The Balaban J connectivity index is 1.89. The summed E-state index contributed by atoms with van der Waals surface area (Å²) in [6, 6.07) is 7.99. The first kappa shape index (κ1) is 15.2. The number of aldehydes is 1. The first-order chi connectivity index (χ1) is 10.1. The summed E-state index contributed by atoms with van der Waals surface area (Å²) in [6.45, 7) is 7.41. The zero-order valence-corrected chi connectivity index (χ0v) is 12.7. The maximum atomic E-state index is 11.0. The molecular weight excluding hydrogens is 266 g/mol. The van der Waals surface area contributed by atoms with E-state index in [4.69, 9.17) is 4.74 Å². The van der Waals surface area contributed by atoms with Crippen molar-refractivity contribution in [2.45, 2.75) is 39.7 Å². The lowest BCUT2D eigenvalue weighted by molar-refractivity contribution is 0.111. The quantitative estimate of drug-likeness (QED) is 0.580. The van der Waals surface area contributed by atoms with Gasteiger partial charge in [0.1, 0.15) is 11.4 Å². The molecule has 21 heavy (non-hydrogen) atoms. The molecule has 0 saturated carbocycles. The van der Waals surface area contributed by atoms with Crippen LogP contribution < -0.4 is 4.74 Å². The summed E-state index contributed by atoms with van der Waals surface area (Å²) < 4.78 is 7.51. The number of ether oxygens (including phenoxy) is 1. The molecule has 1 heterocycles. The molecule has 0 radical (unpaired) electrons. The Hall–Kier alpha value is -2.17. The number of nitrogens with zero attached hydrogens (tertiary/aromatic N) is 3. The minimum Gasteiger partial charge on any atom is -0.494 e. The van der Waals surface area contributed by atoms with E-state index in [1.54, 1.807) is 4.68 Å². The zero-order chi connectivity index (χ0) is 15.2.